The molecule has 122 valence electrons. The second-order valence-electron chi connectivity index (χ2n) is 5.15. The molecule has 1 N–H and O–H groups in total. The maximum atomic E-state index is 12.5. The molecular weight excluding hydrogens is 318 g/mol. The van der Waals surface area contributed by atoms with Gasteiger partial charge in [0.05, 0.1) is 12.4 Å². The summed E-state index contributed by atoms with van der Waals surface area (Å²) in [6.07, 6.45) is 6.56. The van der Waals surface area contributed by atoms with Crippen LogP contribution < -0.4 is 5.32 Å². The van der Waals surface area contributed by atoms with Crippen molar-refractivity contribution in [1.29, 1.82) is 5.26 Å². The summed E-state index contributed by atoms with van der Waals surface area (Å²) in [4.78, 5) is 32.6. The minimum absolute atomic E-state index is 0.284. The second kappa shape index (κ2) is 7.19. The number of Topliss-reactive ketones (excluding diaryl/α,β-unsaturated/α-hetero) is 1. The Labute approximate surface area is 143 Å². The third kappa shape index (κ3) is 3.59. The lowest BCUT2D eigenvalue weighted by atomic mass is 9.98. The molecule has 2 heterocycles. The van der Waals surface area contributed by atoms with Gasteiger partial charge in [-0.15, -0.1) is 0 Å². The van der Waals surface area contributed by atoms with E-state index in [1.54, 1.807) is 71.8 Å². The lowest BCUT2D eigenvalue weighted by Gasteiger charge is -2.10. The van der Waals surface area contributed by atoms with Crippen molar-refractivity contribution in [3.63, 3.8) is 0 Å². The number of aromatic nitrogens is 3. The molecular formula is C18H13N5O2. The molecule has 0 saturated carbocycles. The molecule has 0 bridgehead atoms. The third-order valence-corrected chi connectivity index (χ3v) is 3.52. The van der Waals surface area contributed by atoms with Crippen LogP contribution in [0.1, 0.15) is 10.4 Å². The third-order valence-electron chi connectivity index (χ3n) is 3.52. The fourth-order valence-corrected chi connectivity index (χ4v) is 2.25. The fraction of sp³-hybridized carbons (Fsp3) is 0.0556. The van der Waals surface area contributed by atoms with Crippen LogP contribution in [0.4, 0.5) is 5.82 Å². The summed E-state index contributed by atoms with van der Waals surface area (Å²) in [7, 11) is 0. The van der Waals surface area contributed by atoms with Crippen molar-refractivity contribution in [3.8, 4) is 11.8 Å². The molecule has 0 saturated heterocycles. The van der Waals surface area contributed by atoms with Gasteiger partial charge in [0.15, 0.2) is 11.7 Å². The van der Waals surface area contributed by atoms with Gasteiger partial charge in [-0.3, -0.25) is 9.59 Å². The number of anilines is 1. The van der Waals surface area contributed by atoms with Crippen LogP contribution in [0.25, 0.3) is 5.69 Å². The van der Waals surface area contributed by atoms with Crippen LogP contribution in [0, 0.1) is 17.2 Å². The van der Waals surface area contributed by atoms with Gasteiger partial charge in [-0.2, -0.15) is 5.26 Å². The highest BCUT2D eigenvalue weighted by Crippen LogP contribution is 2.14. The number of nitrogens with one attached hydrogen (secondary N) is 1. The van der Waals surface area contributed by atoms with Crippen LogP contribution in [0.3, 0.4) is 0 Å². The topological polar surface area (TPSA) is 101 Å². The van der Waals surface area contributed by atoms with Crippen LogP contribution in [0.2, 0.25) is 0 Å². The summed E-state index contributed by atoms with van der Waals surface area (Å²) in [5.41, 5.74) is 1.10. The highest BCUT2D eigenvalue weighted by molar-refractivity contribution is 6.15. The first-order chi connectivity index (χ1) is 12.2. The van der Waals surface area contributed by atoms with Crippen LogP contribution in [0.5, 0.6) is 0 Å². The summed E-state index contributed by atoms with van der Waals surface area (Å²) in [6.45, 7) is 0. The molecule has 3 rings (SSSR count). The van der Waals surface area contributed by atoms with Crippen molar-refractivity contribution < 1.29 is 9.59 Å². The van der Waals surface area contributed by atoms with Gasteiger partial charge < -0.3 is 9.88 Å². The van der Waals surface area contributed by atoms with E-state index in [1.165, 1.54) is 6.20 Å². The molecule has 0 radical (unpaired) electrons. The molecule has 7 nitrogen and oxygen atoms in total. The maximum Gasteiger partial charge on any atom is 0.250 e. The molecule has 0 spiro atoms. The van der Waals surface area contributed by atoms with Crippen LogP contribution in [-0.4, -0.2) is 26.2 Å². The Morgan fingerprint density at radius 2 is 1.92 bits per heavy atom. The summed E-state index contributed by atoms with van der Waals surface area (Å²) in [5, 5.41) is 11.7. The summed E-state index contributed by atoms with van der Waals surface area (Å²) < 4.78 is 1.78. The van der Waals surface area contributed by atoms with Crippen molar-refractivity contribution >= 4 is 17.5 Å². The molecule has 0 aliphatic carbocycles. The van der Waals surface area contributed by atoms with E-state index in [2.05, 4.69) is 15.3 Å². The maximum absolute atomic E-state index is 12.5. The number of rotatable bonds is 5. The molecule has 25 heavy (non-hydrogen) atoms. The van der Waals surface area contributed by atoms with E-state index in [0.717, 1.165) is 5.69 Å². The average Bonchev–Trinajstić information content (AvgIpc) is 3.18. The molecule has 0 unspecified atom stereocenters. The van der Waals surface area contributed by atoms with Gasteiger partial charge in [0.25, 0.3) is 5.91 Å². The lowest BCUT2D eigenvalue weighted by molar-refractivity contribution is -0.117. The number of benzene rings is 1. The molecule has 0 aliphatic heterocycles. The Balaban J connectivity index is 1.76. The highest BCUT2D eigenvalue weighted by Gasteiger charge is 2.27. The molecule has 3 aromatic rings. The summed E-state index contributed by atoms with van der Waals surface area (Å²) in [6, 6.07) is 13.3. The minimum Gasteiger partial charge on any atom is -0.309 e. The number of carbonyl (C=O) groups excluding carboxylic acids is 2. The smallest absolute Gasteiger partial charge is 0.250 e. The highest BCUT2D eigenvalue weighted by atomic mass is 16.2. The molecule has 0 aliphatic rings. The van der Waals surface area contributed by atoms with Gasteiger partial charge in [-0.25, -0.2) is 9.97 Å². The fourth-order valence-electron chi connectivity index (χ4n) is 2.25. The molecule has 1 amide bonds. The van der Waals surface area contributed by atoms with E-state index in [4.69, 9.17) is 0 Å². The number of imidazole rings is 1. The number of pyridine rings is 1. The average molecular weight is 331 g/mol. The Hall–Kier alpha value is -3.79. The first-order valence-corrected chi connectivity index (χ1v) is 7.43. The van der Waals surface area contributed by atoms with E-state index in [1.807, 2.05) is 0 Å². The molecule has 1 atom stereocenters. The van der Waals surface area contributed by atoms with E-state index in [-0.39, 0.29) is 11.4 Å². The molecule has 0 fully saturated rings. The first-order valence-electron chi connectivity index (χ1n) is 7.43. The van der Waals surface area contributed by atoms with Gasteiger partial charge in [-0.05, 0) is 36.4 Å². The number of carbonyl (C=O) groups is 2. The predicted octanol–water partition coefficient (Wildman–Crippen LogP) is 2.23. The number of hydrogen-bond donors (Lipinski definition) is 1. The number of hydrogen-bond acceptors (Lipinski definition) is 5. The number of nitrogens with zero attached hydrogens (tertiary/aromatic N) is 4. The summed E-state index contributed by atoms with van der Waals surface area (Å²) in [5.74, 6) is -2.42. The Bertz CT molecular complexity index is 912. The normalized spacial score (nSPS) is 11.3. The SMILES string of the molecule is N#C[C@@H](C(=O)Nc1ccccn1)C(=O)c1ccc(-n2ccnc2)cc1. The van der Waals surface area contributed by atoms with E-state index < -0.39 is 17.6 Å². The zero-order valence-corrected chi connectivity index (χ0v) is 13.0. The van der Waals surface area contributed by atoms with Crippen molar-refractivity contribution in [2.24, 2.45) is 5.92 Å². The Morgan fingerprint density at radius 1 is 1.12 bits per heavy atom. The Kier molecular flexibility index (Phi) is 4.62. The number of amides is 1. The summed E-state index contributed by atoms with van der Waals surface area (Å²) >= 11 is 0. The van der Waals surface area contributed by atoms with Crippen molar-refractivity contribution in [1.82, 2.24) is 14.5 Å². The van der Waals surface area contributed by atoms with Gasteiger partial charge in [0, 0.05) is 29.8 Å². The quantitative estimate of drug-likeness (QED) is 0.571. The first kappa shape index (κ1) is 16.1. The van der Waals surface area contributed by atoms with Gasteiger partial charge in [-0.1, -0.05) is 6.07 Å². The zero-order valence-electron chi connectivity index (χ0n) is 13.0. The second-order valence-corrected chi connectivity index (χ2v) is 5.15. The van der Waals surface area contributed by atoms with Crippen molar-refractivity contribution in [3.05, 3.63) is 72.9 Å². The van der Waals surface area contributed by atoms with Crippen LogP contribution >= 0.6 is 0 Å². The van der Waals surface area contributed by atoms with Crippen LogP contribution in [0.15, 0.2) is 67.4 Å². The zero-order chi connectivity index (χ0) is 17.6. The van der Waals surface area contributed by atoms with Crippen molar-refractivity contribution in [2.75, 3.05) is 5.32 Å². The van der Waals surface area contributed by atoms with Gasteiger partial charge >= 0.3 is 0 Å². The Morgan fingerprint density at radius 3 is 2.52 bits per heavy atom. The number of ketones is 1. The largest absolute Gasteiger partial charge is 0.309 e. The van der Waals surface area contributed by atoms with E-state index in [0.29, 0.717) is 0 Å². The van der Waals surface area contributed by atoms with Crippen molar-refractivity contribution in [2.45, 2.75) is 0 Å². The lowest BCUT2D eigenvalue weighted by Crippen LogP contribution is -2.29. The van der Waals surface area contributed by atoms with Gasteiger partial charge in [0.1, 0.15) is 5.82 Å². The predicted molar refractivity (Wildman–Crippen MR) is 89.9 cm³/mol. The van der Waals surface area contributed by atoms with E-state index in [9.17, 15) is 14.9 Å². The molecule has 1 aromatic carbocycles. The monoisotopic (exact) mass is 331 g/mol. The number of nitriles is 1. The minimum atomic E-state index is -1.44. The van der Waals surface area contributed by atoms with Crippen LogP contribution in [-0.2, 0) is 4.79 Å². The van der Waals surface area contributed by atoms with Gasteiger partial charge in [0.2, 0.25) is 0 Å². The standard InChI is InChI=1S/C18H13N5O2/c19-11-15(18(25)22-16-3-1-2-8-21-16)17(24)13-4-6-14(7-5-13)23-10-9-20-12-23/h1-10,12,15H,(H,21,22,25)/t15-/m1/s1. The molecule has 2 aromatic heterocycles. The van der Waals surface area contributed by atoms with E-state index >= 15 is 0 Å². The molecule has 7 heteroatoms.